The first-order chi connectivity index (χ1) is 20.8. The summed E-state index contributed by atoms with van der Waals surface area (Å²) in [5.41, 5.74) is 1.08. The molecule has 1 N–H and O–H groups in total. The molecule has 0 radical (unpaired) electrons. The van der Waals surface area contributed by atoms with Crippen LogP contribution in [0.25, 0.3) is 0 Å². The van der Waals surface area contributed by atoms with Gasteiger partial charge in [-0.1, -0.05) is 43.0 Å². The first-order valence-electron chi connectivity index (χ1n) is 16.6. The fourth-order valence-corrected chi connectivity index (χ4v) is 7.62. The van der Waals surface area contributed by atoms with E-state index in [-0.39, 0.29) is 36.1 Å². The van der Waals surface area contributed by atoms with Gasteiger partial charge in [-0.15, -0.1) is 0 Å². The van der Waals surface area contributed by atoms with Gasteiger partial charge in [-0.2, -0.15) is 0 Å². The highest BCUT2D eigenvalue weighted by molar-refractivity contribution is 6.30. The normalized spacial score (nSPS) is 21.6. The van der Waals surface area contributed by atoms with Gasteiger partial charge in [-0.25, -0.2) is 9.59 Å². The van der Waals surface area contributed by atoms with Crippen LogP contribution < -0.4 is 5.32 Å². The zero-order chi connectivity index (χ0) is 30.3. The second kappa shape index (κ2) is 15.0. The molecule has 9 nitrogen and oxygen atoms in total. The highest BCUT2D eigenvalue weighted by Crippen LogP contribution is 2.29. The number of likely N-dealkylation sites (tertiary alicyclic amines) is 3. The minimum Gasteiger partial charge on any atom is -0.341 e. The molecule has 1 aromatic carbocycles. The van der Waals surface area contributed by atoms with E-state index in [4.69, 9.17) is 11.6 Å². The van der Waals surface area contributed by atoms with E-state index < -0.39 is 0 Å². The Labute approximate surface area is 262 Å². The van der Waals surface area contributed by atoms with Crippen LogP contribution in [-0.4, -0.2) is 120 Å². The van der Waals surface area contributed by atoms with Gasteiger partial charge < -0.3 is 29.8 Å². The van der Waals surface area contributed by atoms with Gasteiger partial charge in [0.05, 0.1) is 6.04 Å². The summed E-state index contributed by atoms with van der Waals surface area (Å²) >= 11 is 6.15. The van der Waals surface area contributed by atoms with E-state index in [1.165, 1.54) is 19.3 Å². The van der Waals surface area contributed by atoms with Crippen molar-refractivity contribution in [1.29, 1.82) is 0 Å². The Kier molecular flexibility index (Phi) is 11.1. The highest BCUT2D eigenvalue weighted by Gasteiger charge is 2.37. The maximum atomic E-state index is 14.1. The van der Waals surface area contributed by atoms with Gasteiger partial charge in [0.15, 0.2) is 0 Å². The van der Waals surface area contributed by atoms with Crippen molar-refractivity contribution in [2.75, 3.05) is 53.4 Å². The number of halogens is 1. The smallest absolute Gasteiger partial charge is 0.319 e. The summed E-state index contributed by atoms with van der Waals surface area (Å²) in [5.74, 6) is 0.132. The SMILES string of the molecule is CN(C)C(=O)N(C1CCCCC1)C1CCN(C(=O)[C@H](Cc2ccc(Cl)cc2)NC2CCN(C(=O)N3CCCC3)CC2)CC1. The van der Waals surface area contributed by atoms with Gasteiger partial charge in [-0.05, 0) is 75.5 Å². The minimum atomic E-state index is -0.346. The predicted octanol–water partition coefficient (Wildman–Crippen LogP) is 4.83. The van der Waals surface area contributed by atoms with E-state index in [1.807, 2.05) is 53.1 Å². The average molecular weight is 615 g/mol. The van der Waals surface area contributed by atoms with Crippen LogP contribution >= 0.6 is 11.6 Å². The summed E-state index contributed by atoms with van der Waals surface area (Å²) in [4.78, 5) is 50.1. The van der Waals surface area contributed by atoms with Crippen molar-refractivity contribution < 1.29 is 14.4 Å². The lowest BCUT2D eigenvalue weighted by Crippen LogP contribution is -2.58. The summed E-state index contributed by atoms with van der Waals surface area (Å²) in [7, 11) is 3.69. The first kappa shape index (κ1) is 31.9. The van der Waals surface area contributed by atoms with Crippen molar-refractivity contribution in [3.63, 3.8) is 0 Å². The van der Waals surface area contributed by atoms with Crippen LogP contribution in [0.1, 0.15) is 76.2 Å². The van der Waals surface area contributed by atoms with E-state index >= 15 is 0 Å². The van der Waals surface area contributed by atoms with E-state index in [1.54, 1.807) is 4.90 Å². The molecule has 5 amide bonds. The van der Waals surface area contributed by atoms with Crippen molar-refractivity contribution >= 4 is 29.6 Å². The zero-order valence-electron chi connectivity index (χ0n) is 26.2. The summed E-state index contributed by atoms with van der Waals surface area (Å²) in [5, 5.41) is 4.40. The van der Waals surface area contributed by atoms with Gasteiger partial charge in [0.2, 0.25) is 5.91 Å². The van der Waals surface area contributed by atoms with Crippen molar-refractivity contribution in [3.05, 3.63) is 34.9 Å². The Bertz CT molecular complexity index is 1070. The lowest BCUT2D eigenvalue weighted by molar-refractivity contribution is -0.135. The Morgan fingerprint density at radius 2 is 1.33 bits per heavy atom. The molecule has 4 fully saturated rings. The Morgan fingerprint density at radius 1 is 0.767 bits per heavy atom. The molecule has 1 aromatic rings. The van der Waals surface area contributed by atoms with Crippen molar-refractivity contribution in [3.8, 4) is 0 Å². The van der Waals surface area contributed by atoms with Gasteiger partial charge >= 0.3 is 12.1 Å². The molecule has 1 aliphatic carbocycles. The van der Waals surface area contributed by atoms with Crippen LogP contribution in [-0.2, 0) is 11.2 Å². The molecule has 43 heavy (non-hydrogen) atoms. The summed E-state index contributed by atoms with van der Waals surface area (Å²) < 4.78 is 0. The monoisotopic (exact) mass is 614 g/mol. The number of nitrogens with zero attached hydrogens (tertiary/aromatic N) is 5. The number of nitrogens with one attached hydrogen (secondary N) is 1. The van der Waals surface area contributed by atoms with Gasteiger partial charge in [0, 0.05) is 76.5 Å². The molecule has 3 aliphatic heterocycles. The summed E-state index contributed by atoms with van der Waals surface area (Å²) in [6.45, 7) is 4.50. The van der Waals surface area contributed by atoms with E-state index in [0.29, 0.717) is 30.6 Å². The quantitative estimate of drug-likeness (QED) is 0.477. The van der Waals surface area contributed by atoms with Gasteiger partial charge in [-0.3, -0.25) is 4.79 Å². The summed E-state index contributed by atoms with van der Waals surface area (Å²) in [6.07, 6.45) is 11.9. The third kappa shape index (κ3) is 8.15. The van der Waals surface area contributed by atoms with Crippen LogP contribution in [0.4, 0.5) is 9.59 Å². The number of piperidine rings is 2. The third-order valence-electron chi connectivity index (χ3n) is 9.97. The van der Waals surface area contributed by atoms with Gasteiger partial charge in [0.1, 0.15) is 0 Å². The van der Waals surface area contributed by atoms with Crippen LogP contribution in [0.2, 0.25) is 5.02 Å². The third-order valence-corrected chi connectivity index (χ3v) is 10.2. The summed E-state index contributed by atoms with van der Waals surface area (Å²) in [6, 6.07) is 8.35. The Balaban J connectivity index is 1.21. The predicted molar refractivity (Wildman–Crippen MR) is 170 cm³/mol. The molecule has 1 atom stereocenters. The fourth-order valence-electron chi connectivity index (χ4n) is 7.49. The van der Waals surface area contributed by atoms with Crippen LogP contribution in [0, 0.1) is 0 Å². The van der Waals surface area contributed by atoms with Gasteiger partial charge in [0.25, 0.3) is 0 Å². The van der Waals surface area contributed by atoms with Crippen molar-refractivity contribution in [2.45, 2.75) is 101 Å². The molecule has 5 rings (SSSR count). The van der Waals surface area contributed by atoms with E-state index in [9.17, 15) is 14.4 Å². The standard InChI is InChI=1S/C33H51ClN6O3/c1-36(2)32(42)40(28-8-4-3-5-9-28)29-16-22-37(23-17-29)31(41)30(24-25-10-12-26(34)13-11-25)35-27-14-20-39(21-15-27)33(43)38-18-6-7-19-38/h10-13,27-30,35H,3-9,14-24H2,1-2H3/t30-/m0/s1. The molecule has 3 saturated heterocycles. The fraction of sp³-hybridized carbons (Fsp3) is 0.727. The molecule has 10 heteroatoms. The molecule has 0 bridgehead atoms. The molecule has 0 aromatic heterocycles. The molecular formula is C33H51ClN6O3. The lowest BCUT2D eigenvalue weighted by Gasteiger charge is -2.45. The molecule has 0 spiro atoms. The maximum Gasteiger partial charge on any atom is 0.319 e. The topological polar surface area (TPSA) is 79.4 Å². The zero-order valence-corrected chi connectivity index (χ0v) is 26.9. The van der Waals surface area contributed by atoms with Crippen molar-refractivity contribution in [2.24, 2.45) is 0 Å². The molecule has 3 heterocycles. The largest absolute Gasteiger partial charge is 0.341 e. The number of amides is 5. The Morgan fingerprint density at radius 3 is 1.93 bits per heavy atom. The number of urea groups is 2. The van der Waals surface area contributed by atoms with E-state index in [0.717, 1.165) is 83.1 Å². The lowest BCUT2D eigenvalue weighted by atomic mass is 9.91. The molecular weight excluding hydrogens is 564 g/mol. The molecule has 0 unspecified atom stereocenters. The number of benzene rings is 1. The number of hydrogen-bond acceptors (Lipinski definition) is 4. The maximum absolute atomic E-state index is 14.1. The molecule has 238 valence electrons. The number of carbonyl (C=O) groups is 3. The van der Waals surface area contributed by atoms with Crippen LogP contribution in [0.5, 0.6) is 0 Å². The van der Waals surface area contributed by atoms with Crippen LogP contribution in [0.3, 0.4) is 0 Å². The highest BCUT2D eigenvalue weighted by atomic mass is 35.5. The molecule has 4 aliphatic rings. The second-order valence-electron chi connectivity index (χ2n) is 13.2. The first-order valence-corrected chi connectivity index (χ1v) is 17.0. The van der Waals surface area contributed by atoms with E-state index in [2.05, 4.69) is 10.2 Å². The number of carbonyl (C=O) groups excluding carboxylic acids is 3. The molecule has 1 saturated carbocycles. The Hall–Kier alpha value is -2.52. The number of hydrogen-bond donors (Lipinski definition) is 1. The van der Waals surface area contributed by atoms with Crippen LogP contribution in [0.15, 0.2) is 24.3 Å². The number of rotatable bonds is 7. The second-order valence-corrected chi connectivity index (χ2v) is 13.7. The minimum absolute atomic E-state index is 0.105. The van der Waals surface area contributed by atoms with Crippen molar-refractivity contribution in [1.82, 2.24) is 29.8 Å². The average Bonchev–Trinajstić information content (AvgIpc) is 3.58.